The second-order valence-electron chi connectivity index (χ2n) is 7.63. The van der Waals surface area contributed by atoms with Gasteiger partial charge in [0.05, 0.1) is 34.0 Å². The Morgan fingerprint density at radius 2 is 1.78 bits per heavy atom. The maximum Gasteiger partial charge on any atom is 0.258 e. The molecule has 172 valence electrons. The van der Waals surface area contributed by atoms with Gasteiger partial charge in [-0.25, -0.2) is 0 Å². The number of aliphatic imine (C=N–C) groups is 1. The fraction of sp³-hybridized carbons (Fsp3) is 0.417. The Hall–Kier alpha value is -3.10. The van der Waals surface area contributed by atoms with E-state index in [-0.39, 0.29) is 5.91 Å². The molecule has 0 aliphatic carbocycles. The van der Waals surface area contributed by atoms with Crippen LogP contribution in [0.2, 0.25) is 0 Å². The normalized spacial score (nSPS) is 14.7. The largest absolute Gasteiger partial charge is 0.493 e. The number of benzene rings is 2. The second kappa shape index (κ2) is 11.5. The molecular formula is C24H32N4O4. The van der Waals surface area contributed by atoms with Crippen molar-refractivity contribution in [3.63, 3.8) is 0 Å². The van der Waals surface area contributed by atoms with Gasteiger partial charge in [0.1, 0.15) is 0 Å². The number of carbonyl (C=O) groups excluding carboxylic acids is 1. The van der Waals surface area contributed by atoms with Crippen molar-refractivity contribution in [3.8, 4) is 11.5 Å². The Bertz CT molecular complexity index is 955. The van der Waals surface area contributed by atoms with E-state index in [0.29, 0.717) is 29.6 Å². The quantitative estimate of drug-likeness (QED) is 0.509. The summed E-state index contributed by atoms with van der Waals surface area (Å²) in [6.45, 7) is 8.75. The molecule has 0 radical (unpaired) electrons. The Morgan fingerprint density at radius 3 is 2.47 bits per heavy atom. The van der Waals surface area contributed by atoms with E-state index < -0.39 is 0 Å². The van der Waals surface area contributed by atoms with E-state index in [1.165, 1.54) is 5.56 Å². The minimum atomic E-state index is -0.285. The van der Waals surface area contributed by atoms with Gasteiger partial charge in [-0.3, -0.25) is 20.0 Å². The molecule has 1 aliphatic rings. The van der Waals surface area contributed by atoms with Gasteiger partial charge in [0, 0.05) is 30.9 Å². The van der Waals surface area contributed by atoms with E-state index in [9.17, 15) is 4.79 Å². The molecule has 0 unspecified atom stereocenters. The van der Waals surface area contributed by atoms with E-state index in [1.54, 1.807) is 32.4 Å². The Kier molecular flexibility index (Phi) is 8.47. The summed E-state index contributed by atoms with van der Waals surface area (Å²) in [7, 11) is 3.10. The molecule has 0 spiro atoms. The van der Waals surface area contributed by atoms with Crippen LogP contribution in [-0.4, -0.2) is 70.4 Å². The van der Waals surface area contributed by atoms with Crippen LogP contribution < -0.4 is 20.1 Å². The molecule has 3 rings (SSSR count). The van der Waals surface area contributed by atoms with Crippen LogP contribution in [0.25, 0.3) is 0 Å². The Morgan fingerprint density at radius 1 is 1.03 bits per heavy atom. The molecule has 0 bridgehead atoms. The van der Waals surface area contributed by atoms with E-state index >= 15 is 0 Å². The van der Waals surface area contributed by atoms with Crippen LogP contribution in [0, 0.1) is 13.8 Å². The lowest BCUT2D eigenvalue weighted by molar-refractivity contribution is 0.0394. The second-order valence-corrected chi connectivity index (χ2v) is 7.63. The van der Waals surface area contributed by atoms with Crippen LogP contribution in [0.1, 0.15) is 21.5 Å². The summed E-state index contributed by atoms with van der Waals surface area (Å²) in [6.07, 6.45) is 0. The highest BCUT2D eigenvalue weighted by atomic mass is 16.5. The van der Waals surface area contributed by atoms with Crippen LogP contribution in [0.4, 0.5) is 5.69 Å². The van der Waals surface area contributed by atoms with Crippen molar-refractivity contribution >= 4 is 17.6 Å². The SMILES string of the molecule is COc1ccc(C(=O)NC(=NCCN2CCOCC2)Nc2ccc(C)c(C)c2)cc1OC. The number of rotatable bonds is 7. The van der Waals surface area contributed by atoms with Gasteiger partial charge in [-0.15, -0.1) is 0 Å². The number of ether oxygens (including phenoxy) is 3. The molecule has 0 aromatic heterocycles. The number of guanidine groups is 1. The van der Waals surface area contributed by atoms with Crippen molar-refractivity contribution in [1.29, 1.82) is 0 Å². The van der Waals surface area contributed by atoms with E-state index in [4.69, 9.17) is 14.2 Å². The number of hydrogen-bond acceptors (Lipinski definition) is 6. The average molecular weight is 441 g/mol. The molecule has 2 aromatic carbocycles. The third-order valence-electron chi connectivity index (χ3n) is 5.44. The number of amides is 1. The molecule has 0 atom stereocenters. The van der Waals surface area contributed by atoms with Crippen molar-refractivity contribution in [2.75, 3.05) is 58.9 Å². The van der Waals surface area contributed by atoms with Crippen molar-refractivity contribution in [2.45, 2.75) is 13.8 Å². The van der Waals surface area contributed by atoms with Crippen LogP contribution in [0.5, 0.6) is 11.5 Å². The van der Waals surface area contributed by atoms with E-state index in [1.807, 2.05) is 18.2 Å². The molecule has 32 heavy (non-hydrogen) atoms. The van der Waals surface area contributed by atoms with Gasteiger partial charge in [-0.05, 0) is 55.3 Å². The topological polar surface area (TPSA) is 84.4 Å². The van der Waals surface area contributed by atoms with Gasteiger partial charge in [0.15, 0.2) is 11.5 Å². The third-order valence-corrected chi connectivity index (χ3v) is 5.44. The van der Waals surface area contributed by atoms with Crippen LogP contribution in [0.15, 0.2) is 41.4 Å². The maximum absolute atomic E-state index is 12.9. The number of anilines is 1. The molecule has 1 heterocycles. The Balaban J connectivity index is 1.74. The first-order chi connectivity index (χ1) is 15.5. The monoisotopic (exact) mass is 440 g/mol. The van der Waals surface area contributed by atoms with Gasteiger partial charge < -0.3 is 19.5 Å². The number of aryl methyl sites for hydroxylation is 2. The molecule has 1 amide bonds. The lowest BCUT2D eigenvalue weighted by Crippen LogP contribution is -2.39. The van der Waals surface area contributed by atoms with Crippen molar-refractivity contribution in [3.05, 3.63) is 53.1 Å². The molecule has 8 nitrogen and oxygen atoms in total. The first-order valence-electron chi connectivity index (χ1n) is 10.7. The average Bonchev–Trinajstić information content (AvgIpc) is 2.81. The first kappa shape index (κ1) is 23.6. The summed E-state index contributed by atoms with van der Waals surface area (Å²) in [6, 6.07) is 11.1. The number of morpholine rings is 1. The molecule has 2 N–H and O–H groups in total. The zero-order valence-corrected chi connectivity index (χ0v) is 19.2. The minimum Gasteiger partial charge on any atom is -0.493 e. The summed E-state index contributed by atoms with van der Waals surface area (Å²) in [5, 5.41) is 6.16. The summed E-state index contributed by atoms with van der Waals surface area (Å²) in [5.41, 5.74) is 3.68. The van der Waals surface area contributed by atoms with Crippen LogP contribution >= 0.6 is 0 Å². The lowest BCUT2D eigenvalue weighted by atomic mass is 10.1. The molecular weight excluding hydrogens is 408 g/mol. The predicted molar refractivity (Wildman–Crippen MR) is 126 cm³/mol. The number of methoxy groups -OCH3 is 2. The van der Waals surface area contributed by atoms with Crippen molar-refractivity contribution in [1.82, 2.24) is 10.2 Å². The summed E-state index contributed by atoms with van der Waals surface area (Å²) >= 11 is 0. The van der Waals surface area contributed by atoms with Gasteiger partial charge in [-0.2, -0.15) is 0 Å². The maximum atomic E-state index is 12.9. The number of nitrogens with zero attached hydrogens (tertiary/aromatic N) is 2. The predicted octanol–water partition coefficient (Wildman–Crippen LogP) is 2.85. The highest BCUT2D eigenvalue weighted by Crippen LogP contribution is 2.27. The van der Waals surface area contributed by atoms with Gasteiger partial charge in [0.25, 0.3) is 5.91 Å². The highest BCUT2D eigenvalue weighted by Gasteiger charge is 2.14. The molecule has 1 saturated heterocycles. The van der Waals surface area contributed by atoms with Crippen molar-refractivity contribution in [2.24, 2.45) is 4.99 Å². The standard InChI is InChI=1S/C24H32N4O4/c1-17-5-7-20(15-18(17)2)26-24(25-9-10-28-11-13-32-14-12-28)27-23(29)19-6-8-21(30-3)22(16-19)31-4/h5-8,15-16H,9-14H2,1-4H3,(H2,25,26,27,29). The van der Waals surface area contributed by atoms with E-state index in [0.717, 1.165) is 44.1 Å². The zero-order chi connectivity index (χ0) is 22.9. The van der Waals surface area contributed by atoms with Crippen LogP contribution in [-0.2, 0) is 4.74 Å². The Labute approximate surface area is 189 Å². The van der Waals surface area contributed by atoms with Gasteiger partial charge in [-0.1, -0.05) is 6.07 Å². The molecule has 1 fully saturated rings. The highest BCUT2D eigenvalue weighted by molar-refractivity contribution is 6.10. The molecule has 2 aromatic rings. The van der Waals surface area contributed by atoms with E-state index in [2.05, 4.69) is 34.4 Å². The number of carbonyl (C=O) groups is 1. The smallest absolute Gasteiger partial charge is 0.258 e. The third kappa shape index (κ3) is 6.45. The van der Waals surface area contributed by atoms with Crippen molar-refractivity contribution < 1.29 is 19.0 Å². The lowest BCUT2D eigenvalue weighted by Gasteiger charge is -2.25. The molecule has 1 aliphatic heterocycles. The first-order valence-corrected chi connectivity index (χ1v) is 10.7. The molecule has 0 saturated carbocycles. The fourth-order valence-electron chi connectivity index (χ4n) is 3.35. The summed E-state index contributed by atoms with van der Waals surface area (Å²) < 4.78 is 16.0. The van der Waals surface area contributed by atoms with Crippen LogP contribution in [0.3, 0.4) is 0 Å². The zero-order valence-electron chi connectivity index (χ0n) is 19.2. The molecule has 8 heteroatoms. The number of nitrogens with one attached hydrogen (secondary N) is 2. The van der Waals surface area contributed by atoms with Gasteiger partial charge >= 0.3 is 0 Å². The number of hydrogen-bond donors (Lipinski definition) is 2. The minimum absolute atomic E-state index is 0.285. The summed E-state index contributed by atoms with van der Waals surface area (Å²) in [4.78, 5) is 19.9. The summed E-state index contributed by atoms with van der Waals surface area (Å²) in [5.74, 6) is 1.18. The van der Waals surface area contributed by atoms with Gasteiger partial charge in [0.2, 0.25) is 5.96 Å². The fourth-order valence-corrected chi connectivity index (χ4v) is 3.35.